The van der Waals surface area contributed by atoms with E-state index in [1.54, 1.807) is 24.3 Å². The Balaban J connectivity index is 1.52. The number of thiazole rings is 1. The van der Waals surface area contributed by atoms with Gasteiger partial charge < -0.3 is 9.47 Å². The first kappa shape index (κ1) is 16.0. The summed E-state index contributed by atoms with van der Waals surface area (Å²) in [7, 11) is 0. The van der Waals surface area contributed by atoms with Crippen molar-refractivity contribution in [2.75, 3.05) is 6.61 Å². The average molecular weight is 381 g/mol. The Hall–Kier alpha value is -3.26. The Morgan fingerprint density at radius 3 is 2.74 bits per heavy atom. The average Bonchev–Trinajstić information content (AvgIpc) is 3.23. The van der Waals surface area contributed by atoms with Gasteiger partial charge in [0.1, 0.15) is 12.4 Å². The highest BCUT2D eigenvalue weighted by Crippen LogP contribution is 2.35. The van der Waals surface area contributed by atoms with Crippen molar-refractivity contribution in [2.45, 2.75) is 6.10 Å². The largest absolute Gasteiger partial charge is 0.485 e. The van der Waals surface area contributed by atoms with Crippen LogP contribution in [0.25, 0.3) is 11.0 Å². The molecule has 0 saturated carbocycles. The molecule has 0 aliphatic carbocycles. The van der Waals surface area contributed by atoms with Gasteiger partial charge in [-0.2, -0.15) is 9.50 Å². The zero-order valence-electron chi connectivity index (χ0n) is 13.8. The molecule has 27 heavy (non-hydrogen) atoms. The van der Waals surface area contributed by atoms with Gasteiger partial charge >= 0.3 is 0 Å². The molecule has 1 atom stereocenters. The summed E-state index contributed by atoms with van der Waals surface area (Å²) >= 11 is 1.16. The number of hydrogen-bond acceptors (Lipinski definition) is 6. The van der Waals surface area contributed by atoms with Crippen LogP contribution in [0.15, 0.2) is 53.3 Å². The lowest BCUT2D eigenvalue weighted by Gasteiger charge is -2.24. The molecule has 0 amide bonds. The zero-order valence-corrected chi connectivity index (χ0v) is 14.6. The molecule has 1 aliphatic heterocycles. The summed E-state index contributed by atoms with van der Waals surface area (Å²) in [6, 6.07) is 13.6. The van der Waals surface area contributed by atoms with Crippen LogP contribution in [0.1, 0.15) is 17.5 Å². The lowest BCUT2D eigenvalue weighted by atomic mass is 10.2. The molecular weight excluding hydrogens is 369 g/mol. The number of fused-ring (bicyclic) bond motifs is 2. The van der Waals surface area contributed by atoms with Gasteiger partial charge in [-0.25, -0.2) is 4.39 Å². The first-order chi connectivity index (χ1) is 13.2. The van der Waals surface area contributed by atoms with Crippen molar-refractivity contribution in [3.63, 3.8) is 0 Å². The molecular formula is C19H12FN3O3S. The molecule has 5 rings (SSSR count). The minimum atomic E-state index is -0.495. The van der Waals surface area contributed by atoms with Crippen molar-refractivity contribution in [2.24, 2.45) is 0 Å². The van der Waals surface area contributed by atoms with E-state index < -0.39 is 6.10 Å². The highest BCUT2D eigenvalue weighted by Gasteiger charge is 2.27. The maximum atomic E-state index is 13.8. The van der Waals surface area contributed by atoms with Gasteiger partial charge in [0, 0.05) is 5.56 Å². The highest BCUT2D eigenvalue weighted by molar-refractivity contribution is 7.15. The van der Waals surface area contributed by atoms with Crippen molar-refractivity contribution in [1.29, 1.82) is 0 Å². The van der Waals surface area contributed by atoms with Gasteiger partial charge in [0.25, 0.3) is 5.56 Å². The number of halogens is 1. The molecule has 0 radical (unpaired) electrons. The van der Waals surface area contributed by atoms with Crippen LogP contribution < -0.4 is 19.6 Å². The molecule has 0 saturated heterocycles. The Bertz CT molecular complexity index is 1270. The van der Waals surface area contributed by atoms with Gasteiger partial charge in [0.15, 0.2) is 23.4 Å². The Morgan fingerprint density at radius 2 is 1.93 bits per heavy atom. The molecule has 0 unspecified atom stereocenters. The van der Waals surface area contributed by atoms with Gasteiger partial charge in [-0.1, -0.05) is 41.7 Å². The SMILES string of the molecule is O=c1/c(=C/c2ccccc2F)sc2nc([C@@H]3COc4ccccc4O3)nn12. The zero-order chi connectivity index (χ0) is 18.4. The number of hydrogen-bond donors (Lipinski definition) is 0. The lowest BCUT2D eigenvalue weighted by molar-refractivity contribution is 0.0852. The predicted molar refractivity (Wildman–Crippen MR) is 97.6 cm³/mol. The van der Waals surface area contributed by atoms with Crippen molar-refractivity contribution in [1.82, 2.24) is 14.6 Å². The van der Waals surface area contributed by atoms with Gasteiger partial charge in [-0.15, -0.1) is 5.10 Å². The summed E-state index contributed by atoms with van der Waals surface area (Å²) in [6.45, 7) is 0.261. The minimum Gasteiger partial charge on any atom is -0.485 e. The van der Waals surface area contributed by atoms with Gasteiger partial charge in [-0.3, -0.25) is 4.79 Å². The first-order valence-corrected chi connectivity index (χ1v) is 9.05. The van der Waals surface area contributed by atoms with E-state index in [4.69, 9.17) is 9.47 Å². The molecule has 8 heteroatoms. The second-order valence-corrected chi connectivity index (χ2v) is 6.98. The molecule has 4 aromatic rings. The maximum Gasteiger partial charge on any atom is 0.291 e. The van der Waals surface area contributed by atoms with E-state index >= 15 is 0 Å². The first-order valence-electron chi connectivity index (χ1n) is 8.23. The highest BCUT2D eigenvalue weighted by atomic mass is 32.1. The van der Waals surface area contributed by atoms with Crippen LogP contribution in [0.4, 0.5) is 4.39 Å². The fraction of sp³-hybridized carbons (Fsp3) is 0.105. The van der Waals surface area contributed by atoms with Crippen LogP contribution in [0.2, 0.25) is 0 Å². The number of ether oxygens (including phenoxy) is 2. The van der Waals surface area contributed by atoms with Crippen molar-refractivity contribution < 1.29 is 13.9 Å². The summed E-state index contributed by atoms with van der Waals surface area (Å²) in [5, 5.41) is 4.28. The van der Waals surface area contributed by atoms with Crippen LogP contribution in [-0.2, 0) is 0 Å². The molecule has 0 fully saturated rings. The van der Waals surface area contributed by atoms with E-state index in [9.17, 15) is 9.18 Å². The predicted octanol–water partition coefficient (Wildman–Crippen LogP) is 2.35. The van der Waals surface area contributed by atoms with Crippen molar-refractivity contribution in [3.05, 3.63) is 80.6 Å². The fourth-order valence-electron chi connectivity index (χ4n) is 2.87. The Morgan fingerprint density at radius 1 is 1.15 bits per heavy atom. The summed E-state index contributed by atoms with van der Waals surface area (Å²) in [4.78, 5) is 17.4. The molecule has 134 valence electrons. The number of benzene rings is 2. The molecule has 2 aromatic carbocycles. The van der Waals surface area contributed by atoms with Crippen LogP contribution in [-0.4, -0.2) is 21.2 Å². The van der Waals surface area contributed by atoms with E-state index in [1.807, 2.05) is 18.2 Å². The van der Waals surface area contributed by atoms with Crippen molar-refractivity contribution >= 4 is 22.4 Å². The maximum absolute atomic E-state index is 13.8. The third-order valence-electron chi connectivity index (χ3n) is 4.19. The topological polar surface area (TPSA) is 65.7 Å². The number of aromatic nitrogens is 3. The van der Waals surface area contributed by atoms with Crippen LogP contribution in [0.3, 0.4) is 0 Å². The van der Waals surface area contributed by atoms with Crippen LogP contribution in [0, 0.1) is 5.82 Å². The molecule has 3 heterocycles. The molecule has 6 nitrogen and oxygen atoms in total. The summed E-state index contributed by atoms with van der Waals surface area (Å²) in [6.07, 6.45) is 1.01. The smallest absolute Gasteiger partial charge is 0.291 e. The monoisotopic (exact) mass is 381 g/mol. The number of nitrogens with zero attached hydrogens (tertiary/aromatic N) is 3. The van der Waals surface area contributed by atoms with E-state index in [-0.39, 0.29) is 18.0 Å². The normalized spacial score (nSPS) is 16.8. The van der Waals surface area contributed by atoms with Crippen molar-refractivity contribution in [3.8, 4) is 11.5 Å². The van der Waals surface area contributed by atoms with Crippen LogP contribution >= 0.6 is 11.3 Å². The molecule has 0 N–H and O–H groups in total. The van der Waals surface area contributed by atoms with Crippen LogP contribution in [0.5, 0.6) is 11.5 Å². The third kappa shape index (κ3) is 2.74. The number of para-hydroxylation sites is 2. The lowest BCUT2D eigenvalue weighted by Crippen LogP contribution is -2.26. The molecule has 0 spiro atoms. The van der Waals surface area contributed by atoms with Gasteiger partial charge in [0.05, 0.1) is 4.53 Å². The molecule has 2 aromatic heterocycles. The van der Waals surface area contributed by atoms with Gasteiger partial charge in [-0.05, 0) is 24.3 Å². The quantitative estimate of drug-likeness (QED) is 0.533. The fourth-order valence-corrected chi connectivity index (χ4v) is 3.77. The number of rotatable bonds is 2. The minimum absolute atomic E-state index is 0.261. The van der Waals surface area contributed by atoms with E-state index in [0.717, 1.165) is 11.3 Å². The Labute approximate surface area is 156 Å². The van der Waals surface area contributed by atoms with E-state index in [2.05, 4.69) is 10.1 Å². The molecule has 0 bridgehead atoms. The second kappa shape index (κ2) is 6.17. The van der Waals surface area contributed by atoms with Gasteiger partial charge in [0.2, 0.25) is 4.96 Å². The summed E-state index contributed by atoms with van der Waals surface area (Å²) in [5.74, 6) is 1.28. The molecule has 1 aliphatic rings. The second-order valence-electron chi connectivity index (χ2n) is 5.97. The Kier molecular flexibility index (Phi) is 3.64. The van der Waals surface area contributed by atoms with E-state index in [1.165, 1.54) is 16.7 Å². The third-order valence-corrected chi connectivity index (χ3v) is 5.15. The summed E-state index contributed by atoms with van der Waals surface area (Å²) in [5.41, 5.74) is 0.00841. The van der Waals surface area contributed by atoms with E-state index in [0.29, 0.717) is 32.4 Å². The standard InChI is InChI=1S/C19H12FN3O3S/c20-12-6-2-1-5-11(12)9-16-18(24)23-19(27-16)21-17(22-23)15-10-25-13-7-3-4-8-14(13)26-15/h1-9,15H,10H2/b16-9-/t15-/m0/s1. The summed E-state index contributed by atoms with van der Waals surface area (Å²) < 4.78 is 27.0.